The fraction of sp³-hybridized carbons (Fsp3) is 0.444. The van der Waals surface area contributed by atoms with E-state index in [1.807, 2.05) is 12.1 Å². The van der Waals surface area contributed by atoms with Gasteiger partial charge in [0, 0.05) is 11.9 Å². The molecule has 2 aromatic heterocycles. The molecule has 1 aliphatic carbocycles. The molecule has 9 nitrogen and oxygen atoms in total. The van der Waals surface area contributed by atoms with E-state index in [-0.39, 0.29) is 34.0 Å². The minimum Gasteiger partial charge on any atom is -0.479 e. The van der Waals surface area contributed by atoms with Crippen LogP contribution in [-0.4, -0.2) is 41.6 Å². The molecule has 0 bridgehead atoms. The van der Waals surface area contributed by atoms with E-state index in [1.54, 1.807) is 5.38 Å². The molecule has 0 fully saturated rings. The minimum absolute atomic E-state index is 0.0354. The Morgan fingerprint density at radius 1 is 1.16 bits per heavy atom. The molecule has 4 rings (SSSR count). The van der Waals surface area contributed by atoms with Crippen molar-refractivity contribution in [1.82, 2.24) is 15.0 Å². The van der Waals surface area contributed by atoms with Gasteiger partial charge in [0.1, 0.15) is 11.4 Å². The van der Waals surface area contributed by atoms with Crippen LogP contribution >= 0.6 is 22.9 Å². The van der Waals surface area contributed by atoms with Crippen molar-refractivity contribution in [2.24, 2.45) is 5.41 Å². The second-order valence-electron chi connectivity index (χ2n) is 10.8. The smallest absolute Gasteiger partial charge is 0.279 e. The molecule has 11 heteroatoms. The van der Waals surface area contributed by atoms with Gasteiger partial charge in [-0.3, -0.25) is 4.79 Å². The highest BCUT2D eigenvalue weighted by molar-refractivity contribution is 7.11. The lowest BCUT2D eigenvalue weighted by atomic mass is 9.86. The highest BCUT2D eigenvalue weighted by Crippen LogP contribution is 2.44. The van der Waals surface area contributed by atoms with Gasteiger partial charge in [0.05, 0.1) is 19.2 Å². The number of thiazole rings is 1. The van der Waals surface area contributed by atoms with Crippen molar-refractivity contribution >= 4 is 40.5 Å². The van der Waals surface area contributed by atoms with Crippen LogP contribution in [0.3, 0.4) is 0 Å². The van der Waals surface area contributed by atoms with E-state index in [0.29, 0.717) is 28.5 Å². The zero-order valence-electron chi connectivity index (χ0n) is 22.7. The summed E-state index contributed by atoms with van der Waals surface area (Å²) in [6.45, 7) is 11.3. The normalized spacial score (nSPS) is 14.1. The number of fused-ring (bicyclic) bond motifs is 1. The number of nitrogens with zero attached hydrogens (tertiary/aromatic N) is 3. The lowest BCUT2D eigenvalue weighted by molar-refractivity contribution is 0.102. The monoisotopic (exact) mass is 558 g/mol. The van der Waals surface area contributed by atoms with Gasteiger partial charge in [-0.25, -0.2) is 0 Å². The van der Waals surface area contributed by atoms with Gasteiger partial charge in [0.25, 0.3) is 11.1 Å². The maximum Gasteiger partial charge on any atom is 0.279 e. The Labute approximate surface area is 232 Å². The molecule has 0 saturated carbocycles. The van der Waals surface area contributed by atoms with Crippen molar-refractivity contribution in [1.29, 1.82) is 0 Å². The van der Waals surface area contributed by atoms with Gasteiger partial charge in [-0.05, 0) is 53.4 Å². The molecule has 0 unspecified atom stereocenters. The molecular weight excluding hydrogens is 526 g/mol. The number of nitrogens with one attached hydrogen (secondary N) is 2. The third-order valence-corrected chi connectivity index (χ3v) is 7.27. The van der Waals surface area contributed by atoms with Crippen LogP contribution in [0.15, 0.2) is 17.5 Å². The van der Waals surface area contributed by atoms with E-state index in [4.69, 9.17) is 25.8 Å². The highest BCUT2D eigenvalue weighted by Gasteiger charge is 2.31. The Morgan fingerprint density at radius 3 is 2.47 bits per heavy atom. The van der Waals surface area contributed by atoms with Crippen LogP contribution in [0.5, 0.6) is 22.7 Å². The van der Waals surface area contributed by atoms with E-state index in [9.17, 15) is 4.79 Å². The fourth-order valence-corrected chi connectivity index (χ4v) is 5.01. The lowest BCUT2D eigenvalue weighted by Crippen LogP contribution is -2.18. The number of methoxy groups -OCH3 is 2. The largest absolute Gasteiger partial charge is 0.479 e. The molecule has 1 radical (unpaired) electrons. The molecule has 3 aromatic rings. The lowest BCUT2D eigenvalue weighted by Gasteiger charge is -2.19. The molecule has 0 saturated heterocycles. The summed E-state index contributed by atoms with van der Waals surface area (Å²) in [7, 11) is 2.91. The molecular formula is C27H33ClN5O4S. The van der Waals surface area contributed by atoms with E-state index in [1.165, 1.54) is 36.7 Å². The topological polar surface area (TPSA) is 107 Å². The molecule has 0 aliphatic heterocycles. The van der Waals surface area contributed by atoms with Gasteiger partial charge in [0.2, 0.25) is 17.7 Å². The number of carbonyl (C=O) groups is 1. The van der Waals surface area contributed by atoms with Gasteiger partial charge >= 0.3 is 0 Å². The number of hydrogen-bond donors (Lipinski definition) is 2. The third kappa shape index (κ3) is 6.30. The van der Waals surface area contributed by atoms with Crippen LogP contribution in [0.2, 0.25) is 5.02 Å². The van der Waals surface area contributed by atoms with Crippen LogP contribution in [0.25, 0.3) is 0 Å². The number of aromatic nitrogens is 3. The molecule has 2 heterocycles. The average molecular weight is 559 g/mol. The summed E-state index contributed by atoms with van der Waals surface area (Å²) in [6.07, 6.45) is 4.16. The Hall–Kier alpha value is -3.11. The SMILES string of the molecule is COc1nc(NC[CH]C(C)(C)C)nc(OC)c1NC(=O)c1csc(Oc2cc3c(cc2Cl)CCC3(C)C)n1. The summed E-state index contributed by atoms with van der Waals surface area (Å²) in [5.41, 5.74) is 2.92. The number of amides is 1. The first-order valence-electron chi connectivity index (χ1n) is 12.3. The zero-order chi connectivity index (χ0) is 27.7. The summed E-state index contributed by atoms with van der Waals surface area (Å²) in [5, 5.41) is 8.30. The van der Waals surface area contributed by atoms with E-state index >= 15 is 0 Å². The average Bonchev–Trinajstić information content (AvgIpc) is 3.43. The number of benzene rings is 1. The predicted octanol–water partition coefficient (Wildman–Crippen LogP) is 6.53. The van der Waals surface area contributed by atoms with Crippen LogP contribution < -0.4 is 24.8 Å². The van der Waals surface area contributed by atoms with Crippen LogP contribution in [0.1, 0.15) is 62.7 Å². The van der Waals surface area contributed by atoms with E-state index in [0.717, 1.165) is 12.8 Å². The summed E-state index contributed by atoms with van der Waals surface area (Å²) >= 11 is 7.68. The van der Waals surface area contributed by atoms with E-state index in [2.05, 4.69) is 66.6 Å². The zero-order valence-corrected chi connectivity index (χ0v) is 24.3. The summed E-state index contributed by atoms with van der Waals surface area (Å²) < 4.78 is 16.8. The maximum absolute atomic E-state index is 13.1. The van der Waals surface area contributed by atoms with Gasteiger partial charge in [-0.2, -0.15) is 15.0 Å². The van der Waals surface area contributed by atoms with Crippen molar-refractivity contribution in [3.05, 3.63) is 45.8 Å². The molecule has 2 N–H and O–H groups in total. The molecule has 1 aliphatic rings. The number of carbonyl (C=O) groups excluding carboxylic acids is 1. The van der Waals surface area contributed by atoms with E-state index < -0.39 is 5.91 Å². The predicted molar refractivity (Wildman–Crippen MR) is 150 cm³/mol. The van der Waals surface area contributed by atoms with Gasteiger partial charge < -0.3 is 24.8 Å². The quantitative estimate of drug-likeness (QED) is 0.305. The molecule has 0 atom stereocenters. The number of halogens is 1. The fourth-order valence-electron chi connectivity index (χ4n) is 4.12. The molecule has 1 amide bonds. The van der Waals surface area contributed by atoms with Gasteiger partial charge in [-0.15, -0.1) is 0 Å². The standard InChI is InChI=1S/C27H33ClN5O4S/c1-26(2,3)10-11-29-24-32-22(35-6)20(23(33-24)36-7)31-21(34)18-14-38-25(30-18)37-19-13-16-15(12-17(19)28)8-9-27(16,4)5/h10,12-14H,8-9,11H2,1-7H3,(H,31,34)(H,29,32,33). The van der Waals surface area contributed by atoms with Crippen molar-refractivity contribution in [3.63, 3.8) is 0 Å². The minimum atomic E-state index is -0.487. The Kier molecular flexibility index (Phi) is 8.04. The molecule has 38 heavy (non-hydrogen) atoms. The third-order valence-electron chi connectivity index (χ3n) is 6.26. The number of ether oxygens (including phenoxy) is 3. The first kappa shape index (κ1) is 27.9. The molecule has 203 valence electrons. The van der Waals surface area contributed by atoms with Crippen LogP contribution in [0, 0.1) is 11.8 Å². The highest BCUT2D eigenvalue weighted by atomic mass is 35.5. The van der Waals surface area contributed by atoms with Crippen molar-refractivity contribution in [3.8, 4) is 22.7 Å². The Morgan fingerprint density at radius 2 is 1.84 bits per heavy atom. The number of rotatable bonds is 9. The van der Waals surface area contributed by atoms with Gasteiger partial charge in [0.15, 0.2) is 5.69 Å². The second-order valence-corrected chi connectivity index (χ2v) is 12.0. The van der Waals surface area contributed by atoms with Gasteiger partial charge in [-0.1, -0.05) is 57.6 Å². The van der Waals surface area contributed by atoms with Crippen molar-refractivity contribution in [2.75, 3.05) is 31.4 Å². The first-order valence-corrected chi connectivity index (χ1v) is 13.5. The summed E-state index contributed by atoms with van der Waals surface area (Å²) in [6, 6.07) is 3.94. The molecule has 0 spiro atoms. The Bertz CT molecular complexity index is 1310. The van der Waals surface area contributed by atoms with Crippen molar-refractivity contribution < 1.29 is 19.0 Å². The number of hydrogen-bond acceptors (Lipinski definition) is 9. The number of anilines is 2. The first-order chi connectivity index (χ1) is 17.9. The summed E-state index contributed by atoms with van der Waals surface area (Å²) in [5.74, 6) is 0.658. The summed E-state index contributed by atoms with van der Waals surface area (Å²) in [4.78, 5) is 26.1. The molecule has 1 aromatic carbocycles. The van der Waals surface area contributed by atoms with Crippen molar-refractivity contribution in [2.45, 2.75) is 52.9 Å². The van der Waals surface area contributed by atoms with Crippen LogP contribution in [0.4, 0.5) is 11.6 Å². The number of aryl methyl sites for hydroxylation is 1. The van der Waals surface area contributed by atoms with Crippen LogP contribution in [-0.2, 0) is 11.8 Å². The maximum atomic E-state index is 13.1. The Balaban J connectivity index is 1.49. The second kappa shape index (κ2) is 10.9.